The maximum Gasteiger partial charge on any atom is 0.348 e. The second-order valence-corrected chi connectivity index (χ2v) is 6.04. The molecule has 0 aromatic carbocycles. The minimum Gasteiger partial charge on any atom is -0.447 e. The van der Waals surface area contributed by atoms with Gasteiger partial charge in [0.05, 0.1) is 12.2 Å². The fraction of sp³-hybridized carbons (Fsp3) is 0.786. The van der Waals surface area contributed by atoms with Crippen molar-refractivity contribution < 1.29 is 14.3 Å². The molecule has 0 bridgehead atoms. The Kier molecular flexibility index (Phi) is 3.76. The number of cyclic esters (lactones) is 1. The lowest BCUT2D eigenvalue weighted by Gasteiger charge is -2.19. The van der Waals surface area contributed by atoms with Gasteiger partial charge in [0.1, 0.15) is 0 Å². The van der Waals surface area contributed by atoms with Crippen LogP contribution in [0.4, 0.5) is 0 Å². The molecule has 1 aliphatic carbocycles. The van der Waals surface area contributed by atoms with Gasteiger partial charge < -0.3 is 9.47 Å². The van der Waals surface area contributed by atoms with E-state index in [-0.39, 0.29) is 17.7 Å². The summed E-state index contributed by atoms with van der Waals surface area (Å²) in [6.07, 6.45) is 7.61. The van der Waals surface area contributed by atoms with Crippen molar-refractivity contribution in [3.05, 3.63) is 12.8 Å². The standard InChI is InChI=1S/C14H22O3/c1-14(2,3)16-8-4-5-10-6-7-11(9-10)12-13(15)17-12/h4,7,10-12H,5-6,8-9H2,1-3H3. The number of ether oxygens (including phenoxy) is 2. The number of epoxide rings is 1. The van der Waals surface area contributed by atoms with Crippen LogP contribution in [-0.4, -0.2) is 24.3 Å². The van der Waals surface area contributed by atoms with E-state index in [9.17, 15) is 4.79 Å². The van der Waals surface area contributed by atoms with E-state index in [2.05, 4.69) is 33.6 Å². The molecule has 17 heavy (non-hydrogen) atoms. The van der Waals surface area contributed by atoms with E-state index >= 15 is 0 Å². The van der Waals surface area contributed by atoms with Gasteiger partial charge in [-0.15, -0.1) is 0 Å². The first-order chi connectivity index (χ1) is 7.96. The lowest BCUT2D eigenvalue weighted by atomic mass is 9.98. The Labute approximate surface area is 104 Å². The van der Waals surface area contributed by atoms with E-state index in [1.165, 1.54) is 0 Å². The molecule has 1 heterocycles. The summed E-state index contributed by atoms with van der Waals surface area (Å²) in [7, 11) is 0. The predicted molar refractivity (Wildman–Crippen MR) is 65.0 cm³/mol. The Bertz CT molecular complexity index is 280. The zero-order chi connectivity index (χ0) is 12.5. The second kappa shape index (κ2) is 4.97. The lowest BCUT2D eigenvalue weighted by Crippen LogP contribution is -2.20. The Morgan fingerprint density at radius 1 is 1.53 bits per heavy atom. The molecule has 1 aliphatic heterocycles. The Hall–Kier alpha value is -0.570. The molecule has 1 saturated heterocycles. The average molecular weight is 238 g/mol. The van der Waals surface area contributed by atoms with E-state index in [4.69, 9.17) is 9.47 Å². The minimum atomic E-state index is -0.106. The van der Waals surface area contributed by atoms with Crippen molar-refractivity contribution in [3.63, 3.8) is 0 Å². The highest BCUT2D eigenvalue weighted by Crippen LogP contribution is 2.40. The largest absolute Gasteiger partial charge is 0.447 e. The van der Waals surface area contributed by atoms with Crippen LogP contribution in [0.25, 0.3) is 0 Å². The van der Waals surface area contributed by atoms with Gasteiger partial charge in [-0.3, -0.25) is 0 Å². The molecule has 3 heteroatoms. The second-order valence-electron chi connectivity index (χ2n) is 6.04. The summed E-state index contributed by atoms with van der Waals surface area (Å²) in [4.78, 5) is 10.9. The van der Waals surface area contributed by atoms with Gasteiger partial charge in [-0.05, 0) is 58.8 Å². The zero-order valence-electron chi connectivity index (χ0n) is 10.9. The molecule has 3 nitrogen and oxygen atoms in total. The number of carbonyl (C=O) groups excluding carboxylic acids is 1. The lowest BCUT2D eigenvalue weighted by molar-refractivity contribution is -0.117. The SMILES string of the molecule is CC(C)(C)OC[CH]CC1C[CH]C(C2OC2=O)C1. The van der Waals surface area contributed by atoms with Crippen LogP contribution in [0.2, 0.25) is 0 Å². The highest BCUT2D eigenvalue weighted by atomic mass is 16.6. The molecule has 0 N–H and O–H groups in total. The molecule has 2 aliphatic rings. The molecule has 0 aromatic rings. The van der Waals surface area contributed by atoms with Crippen molar-refractivity contribution in [2.45, 2.75) is 51.7 Å². The topological polar surface area (TPSA) is 38.8 Å². The molecule has 96 valence electrons. The summed E-state index contributed by atoms with van der Waals surface area (Å²) >= 11 is 0. The first-order valence-corrected chi connectivity index (χ1v) is 6.45. The molecule has 2 fully saturated rings. The third-order valence-corrected chi connectivity index (χ3v) is 3.32. The molecule has 3 atom stereocenters. The summed E-state index contributed by atoms with van der Waals surface area (Å²) in [6.45, 7) is 6.91. The molecular weight excluding hydrogens is 216 g/mol. The van der Waals surface area contributed by atoms with E-state index in [0.29, 0.717) is 18.4 Å². The molecule has 0 amide bonds. The van der Waals surface area contributed by atoms with Crippen LogP contribution >= 0.6 is 0 Å². The van der Waals surface area contributed by atoms with Crippen molar-refractivity contribution >= 4 is 5.97 Å². The third-order valence-electron chi connectivity index (χ3n) is 3.32. The Balaban J connectivity index is 1.57. The van der Waals surface area contributed by atoms with E-state index in [0.717, 1.165) is 19.3 Å². The summed E-state index contributed by atoms with van der Waals surface area (Å²) in [6, 6.07) is 0. The van der Waals surface area contributed by atoms with E-state index < -0.39 is 0 Å². The van der Waals surface area contributed by atoms with Gasteiger partial charge >= 0.3 is 5.97 Å². The third kappa shape index (κ3) is 3.98. The van der Waals surface area contributed by atoms with Gasteiger partial charge in [0.2, 0.25) is 6.10 Å². The first-order valence-electron chi connectivity index (χ1n) is 6.45. The van der Waals surface area contributed by atoms with E-state index in [1.807, 2.05) is 0 Å². The van der Waals surface area contributed by atoms with Crippen LogP contribution in [0.5, 0.6) is 0 Å². The molecule has 0 aromatic heterocycles. The molecule has 3 unspecified atom stereocenters. The monoisotopic (exact) mass is 238 g/mol. The van der Waals surface area contributed by atoms with Crippen LogP contribution in [0.15, 0.2) is 0 Å². The smallest absolute Gasteiger partial charge is 0.348 e. The van der Waals surface area contributed by atoms with Gasteiger partial charge in [0, 0.05) is 5.92 Å². The summed E-state index contributed by atoms with van der Waals surface area (Å²) in [5, 5.41) is 0. The maximum absolute atomic E-state index is 10.9. The van der Waals surface area contributed by atoms with Gasteiger partial charge in [-0.1, -0.05) is 0 Å². The fourth-order valence-corrected chi connectivity index (χ4v) is 2.35. The molecular formula is C14H22O3. The van der Waals surface area contributed by atoms with Gasteiger partial charge in [0.15, 0.2) is 0 Å². The van der Waals surface area contributed by atoms with Crippen LogP contribution < -0.4 is 0 Å². The van der Waals surface area contributed by atoms with Crippen LogP contribution in [-0.2, 0) is 14.3 Å². The van der Waals surface area contributed by atoms with Crippen LogP contribution in [0.3, 0.4) is 0 Å². The van der Waals surface area contributed by atoms with Crippen molar-refractivity contribution in [3.8, 4) is 0 Å². The normalized spacial score (nSPS) is 32.6. The molecule has 2 rings (SSSR count). The zero-order valence-corrected chi connectivity index (χ0v) is 10.9. The Morgan fingerprint density at radius 2 is 2.24 bits per heavy atom. The number of carbonyl (C=O) groups is 1. The van der Waals surface area contributed by atoms with Crippen molar-refractivity contribution in [1.29, 1.82) is 0 Å². The van der Waals surface area contributed by atoms with Gasteiger partial charge in [-0.2, -0.15) is 0 Å². The maximum atomic E-state index is 10.9. The number of hydrogen-bond acceptors (Lipinski definition) is 3. The van der Waals surface area contributed by atoms with Gasteiger partial charge in [0.25, 0.3) is 0 Å². The van der Waals surface area contributed by atoms with Crippen molar-refractivity contribution in [1.82, 2.24) is 0 Å². The quantitative estimate of drug-likeness (QED) is 0.546. The van der Waals surface area contributed by atoms with Crippen molar-refractivity contribution in [2.24, 2.45) is 11.8 Å². The molecule has 2 radical (unpaired) electrons. The summed E-state index contributed by atoms with van der Waals surface area (Å²) in [5.41, 5.74) is -0.0604. The molecule has 1 saturated carbocycles. The first kappa shape index (κ1) is 12.9. The Morgan fingerprint density at radius 3 is 2.82 bits per heavy atom. The molecule has 0 spiro atoms. The highest BCUT2D eigenvalue weighted by Gasteiger charge is 2.47. The number of hydrogen-bond donors (Lipinski definition) is 0. The summed E-state index contributed by atoms with van der Waals surface area (Å²) in [5.74, 6) is 1.01. The summed E-state index contributed by atoms with van der Waals surface area (Å²) < 4.78 is 10.6. The fourth-order valence-electron chi connectivity index (χ4n) is 2.35. The predicted octanol–water partition coefficient (Wildman–Crippen LogP) is 2.55. The highest BCUT2D eigenvalue weighted by molar-refractivity contribution is 5.87. The average Bonchev–Trinajstić information content (AvgIpc) is 2.77. The van der Waals surface area contributed by atoms with Crippen LogP contribution in [0.1, 0.15) is 40.0 Å². The van der Waals surface area contributed by atoms with Crippen molar-refractivity contribution in [2.75, 3.05) is 6.61 Å². The van der Waals surface area contributed by atoms with E-state index in [1.54, 1.807) is 0 Å². The minimum absolute atomic E-state index is 0.0213. The van der Waals surface area contributed by atoms with Gasteiger partial charge in [-0.25, -0.2) is 4.79 Å². The number of rotatable bonds is 5. The van der Waals surface area contributed by atoms with Crippen LogP contribution in [0, 0.1) is 24.7 Å².